The molecule has 0 spiro atoms. The fourth-order valence-electron chi connectivity index (χ4n) is 0.812. The highest BCUT2D eigenvalue weighted by Crippen LogP contribution is 2.23. The molecule has 0 aliphatic carbocycles. The molecule has 4 nitrogen and oxygen atoms in total. The molecule has 1 aromatic heterocycles. The number of rotatable bonds is 3. The number of carbonyl (C=O) groups excluding carboxylic acids is 1. The smallest absolute Gasteiger partial charge is 0.388 e. The van der Waals surface area contributed by atoms with Crippen LogP contribution in [0.15, 0.2) is 0 Å². The molecular weight excluding hydrogens is 225 g/mol. The number of carbonyl (C=O) groups is 1. The number of nitrogens with zero attached hydrogens (tertiary/aromatic N) is 2. The lowest BCUT2D eigenvalue weighted by Gasteiger charge is -1.99. The molecule has 0 aromatic carbocycles. The number of aromatic nitrogens is 2. The molecule has 0 saturated heterocycles. The van der Waals surface area contributed by atoms with Crippen LogP contribution in [0.4, 0.5) is 13.2 Å². The maximum absolute atomic E-state index is 13.0. The summed E-state index contributed by atoms with van der Waals surface area (Å²) in [6.45, 7) is -3.20. The normalized spacial score (nSPS) is 10.7. The zero-order chi connectivity index (χ0) is 10.9. The number of aryl methyl sites for hydroxylation is 1. The van der Waals surface area contributed by atoms with E-state index in [1.54, 1.807) is 0 Å². The van der Waals surface area contributed by atoms with Crippen LogP contribution in [0.2, 0.25) is 0 Å². The summed E-state index contributed by atoms with van der Waals surface area (Å²) < 4.78 is 40.9. The largest absolute Gasteiger partial charge is 0.414 e. The Morgan fingerprint density at radius 3 is 2.64 bits per heavy atom. The Bertz CT molecular complexity index is 366. The maximum atomic E-state index is 13.0. The fourth-order valence-corrected chi connectivity index (χ4v) is 0.971. The van der Waals surface area contributed by atoms with Gasteiger partial charge in [-0.15, -0.1) is 5.10 Å². The van der Waals surface area contributed by atoms with Crippen LogP contribution in [-0.4, -0.2) is 21.6 Å². The lowest BCUT2D eigenvalue weighted by Crippen LogP contribution is -2.05. The molecule has 0 saturated carbocycles. The van der Waals surface area contributed by atoms with Gasteiger partial charge >= 0.3 is 6.61 Å². The number of ether oxygens (including phenoxy) is 1. The third kappa shape index (κ3) is 1.98. The molecule has 0 aliphatic rings. The van der Waals surface area contributed by atoms with Crippen LogP contribution in [0.3, 0.4) is 0 Å². The Labute approximate surface area is 81.2 Å². The van der Waals surface area contributed by atoms with E-state index in [1.807, 2.05) is 0 Å². The topological polar surface area (TPSA) is 44.1 Å². The number of halogens is 4. The average Bonchev–Trinajstić information content (AvgIpc) is 2.26. The molecule has 1 aromatic rings. The summed E-state index contributed by atoms with van der Waals surface area (Å²) in [4.78, 5) is 10.6. The van der Waals surface area contributed by atoms with E-state index in [1.165, 1.54) is 0 Å². The van der Waals surface area contributed by atoms with Gasteiger partial charge in [0.1, 0.15) is 0 Å². The second-order valence-corrected chi connectivity index (χ2v) is 2.59. The number of hydrogen-bond donors (Lipinski definition) is 0. The minimum atomic E-state index is -3.20. The van der Waals surface area contributed by atoms with Crippen molar-refractivity contribution >= 4 is 16.8 Å². The summed E-state index contributed by atoms with van der Waals surface area (Å²) in [6.07, 6.45) is 0. The van der Waals surface area contributed by atoms with Crippen LogP contribution in [0.5, 0.6) is 5.88 Å². The van der Waals surface area contributed by atoms with Gasteiger partial charge in [0.05, 0.1) is 0 Å². The van der Waals surface area contributed by atoms with Crippen LogP contribution >= 0.6 is 11.6 Å². The van der Waals surface area contributed by atoms with Crippen molar-refractivity contribution in [2.24, 2.45) is 7.05 Å². The van der Waals surface area contributed by atoms with Crippen LogP contribution in [-0.2, 0) is 7.05 Å². The molecule has 1 rings (SSSR count). The molecule has 0 amide bonds. The van der Waals surface area contributed by atoms with Gasteiger partial charge in [-0.2, -0.15) is 13.2 Å². The van der Waals surface area contributed by atoms with Crippen molar-refractivity contribution in [2.45, 2.75) is 6.61 Å². The van der Waals surface area contributed by atoms with Gasteiger partial charge in [0, 0.05) is 7.05 Å². The Morgan fingerprint density at radius 1 is 1.64 bits per heavy atom. The zero-order valence-corrected chi connectivity index (χ0v) is 7.56. The van der Waals surface area contributed by atoms with Crippen molar-refractivity contribution < 1.29 is 22.7 Å². The summed E-state index contributed by atoms with van der Waals surface area (Å²) in [7, 11) is 1.12. The average molecular weight is 229 g/mol. The fraction of sp³-hybridized carbons (Fsp3) is 0.333. The van der Waals surface area contributed by atoms with E-state index < -0.39 is 29.2 Å². The molecule has 0 bridgehead atoms. The summed E-state index contributed by atoms with van der Waals surface area (Å²) in [5.41, 5.74) is -0.797. The van der Waals surface area contributed by atoms with Crippen molar-refractivity contribution in [3.63, 3.8) is 0 Å². The molecule has 0 atom stereocenters. The van der Waals surface area contributed by atoms with E-state index in [4.69, 9.17) is 11.6 Å². The highest BCUT2D eigenvalue weighted by atomic mass is 35.5. The van der Waals surface area contributed by atoms with E-state index in [0.717, 1.165) is 7.05 Å². The van der Waals surface area contributed by atoms with Crippen molar-refractivity contribution in [1.29, 1.82) is 0 Å². The molecule has 78 valence electrons. The molecule has 0 unspecified atom stereocenters. The second-order valence-electron chi connectivity index (χ2n) is 2.25. The van der Waals surface area contributed by atoms with Crippen LogP contribution in [0.25, 0.3) is 0 Å². The molecule has 0 N–H and O–H groups in total. The Kier molecular flexibility index (Phi) is 3.00. The van der Waals surface area contributed by atoms with Gasteiger partial charge in [0.15, 0.2) is 5.56 Å². The van der Waals surface area contributed by atoms with E-state index in [9.17, 15) is 18.0 Å². The molecule has 0 aliphatic heterocycles. The standard InChI is InChI=1S/C6H4ClF3N2O2/c1-12-4(8)2(3(7)13)5(11-12)14-6(9)10/h6H,1H3. The highest BCUT2D eigenvalue weighted by molar-refractivity contribution is 6.68. The number of alkyl halides is 2. The van der Waals surface area contributed by atoms with E-state index >= 15 is 0 Å². The SMILES string of the molecule is Cn1nc(OC(F)F)c(C(=O)Cl)c1F. The monoisotopic (exact) mass is 228 g/mol. The Morgan fingerprint density at radius 2 is 2.21 bits per heavy atom. The van der Waals surface area contributed by atoms with Crippen molar-refractivity contribution in [3.05, 3.63) is 11.5 Å². The first-order valence-corrected chi connectivity index (χ1v) is 3.68. The predicted octanol–water partition coefficient (Wildman–Crippen LogP) is 1.54. The van der Waals surface area contributed by atoms with Gasteiger partial charge in [-0.1, -0.05) is 0 Å². The van der Waals surface area contributed by atoms with Gasteiger partial charge < -0.3 is 4.74 Å². The Balaban J connectivity index is 3.15. The van der Waals surface area contributed by atoms with Crippen LogP contribution < -0.4 is 4.74 Å². The van der Waals surface area contributed by atoms with Gasteiger partial charge in [-0.05, 0) is 11.6 Å². The van der Waals surface area contributed by atoms with Gasteiger partial charge in [-0.25, -0.2) is 4.68 Å². The van der Waals surface area contributed by atoms with Gasteiger partial charge in [0.25, 0.3) is 11.1 Å². The first-order chi connectivity index (χ1) is 6.43. The van der Waals surface area contributed by atoms with E-state index in [0.29, 0.717) is 4.68 Å². The minimum absolute atomic E-state index is 0.577. The molecule has 0 fully saturated rings. The Hall–Kier alpha value is -1.24. The lowest BCUT2D eigenvalue weighted by atomic mass is 10.4. The molecule has 1 heterocycles. The summed E-state index contributed by atoms with van der Waals surface area (Å²) in [5, 5.41) is 1.96. The summed E-state index contributed by atoms with van der Waals surface area (Å²) in [5.74, 6) is -1.94. The predicted molar refractivity (Wildman–Crippen MR) is 40.0 cm³/mol. The molecule has 14 heavy (non-hydrogen) atoms. The van der Waals surface area contributed by atoms with Gasteiger partial charge in [-0.3, -0.25) is 4.79 Å². The highest BCUT2D eigenvalue weighted by Gasteiger charge is 2.24. The number of hydrogen-bond acceptors (Lipinski definition) is 3. The zero-order valence-electron chi connectivity index (χ0n) is 6.80. The summed E-state index contributed by atoms with van der Waals surface area (Å²) >= 11 is 4.95. The quantitative estimate of drug-likeness (QED) is 0.737. The minimum Gasteiger partial charge on any atom is -0.414 e. The van der Waals surface area contributed by atoms with Crippen LogP contribution in [0.1, 0.15) is 10.4 Å². The molecular formula is C6H4ClF3N2O2. The first kappa shape index (κ1) is 10.8. The van der Waals surface area contributed by atoms with Gasteiger partial charge in [0.2, 0.25) is 5.95 Å². The third-order valence-corrected chi connectivity index (χ3v) is 1.53. The van der Waals surface area contributed by atoms with E-state index in [2.05, 4.69) is 9.84 Å². The maximum Gasteiger partial charge on any atom is 0.388 e. The second kappa shape index (κ2) is 3.87. The summed E-state index contributed by atoms with van der Waals surface area (Å²) in [6, 6.07) is 0. The van der Waals surface area contributed by atoms with Crippen molar-refractivity contribution in [3.8, 4) is 5.88 Å². The van der Waals surface area contributed by atoms with Crippen molar-refractivity contribution in [1.82, 2.24) is 9.78 Å². The molecule has 8 heteroatoms. The van der Waals surface area contributed by atoms with E-state index in [-0.39, 0.29) is 0 Å². The third-order valence-electron chi connectivity index (χ3n) is 1.34. The molecule has 0 radical (unpaired) electrons. The lowest BCUT2D eigenvalue weighted by molar-refractivity contribution is -0.0533. The van der Waals surface area contributed by atoms with Crippen LogP contribution in [0, 0.1) is 5.95 Å². The van der Waals surface area contributed by atoms with Crippen molar-refractivity contribution in [2.75, 3.05) is 0 Å². The first-order valence-electron chi connectivity index (χ1n) is 3.30.